The van der Waals surface area contributed by atoms with Gasteiger partial charge in [0.25, 0.3) is 17.7 Å². The summed E-state index contributed by atoms with van der Waals surface area (Å²) < 4.78 is 30.8. The van der Waals surface area contributed by atoms with Crippen LogP contribution in [0.4, 0.5) is 4.39 Å². The van der Waals surface area contributed by atoms with E-state index in [0.717, 1.165) is 58.3 Å². The van der Waals surface area contributed by atoms with Crippen molar-refractivity contribution in [3.63, 3.8) is 0 Å². The van der Waals surface area contributed by atoms with Crippen LogP contribution in [0.1, 0.15) is 89.1 Å². The zero-order valence-electron chi connectivity index (χ0n) is 49.8. The predicted octanol–water partition coefficient (Wildman–Crippen LogP) is 6.69. The van der Waals surface area contributed by atoms with E-state index in [0.29, 0.717) is 99.3 Å². The average Bonchev–Trinajstić information content (AvgIpc) is 1.93. The van der Waals surface area contributed by atoms with Gasteiger partial charge in [-0.3, -0.25) is 37.8 Å². The van der Waals surface area contributed by atoms with Gasteiger partial charge in [-0.25, -0.2) is 34.3 Å². The fraction of sp³-hybridized carbons (Fsp3) is 0.310. The fourth-order valence-electron chi connectivity index (χ4n) is 10.3. The van der Waals surface area contributed by atoms with E-state index in [4.69, 9.17) is 27.2 Å². The molecule has 12 heterocycles. The van der Waals surface area contributed by atoms with Crippen LogP contribution in [0.25, 0.3) is 101 Å². The number of unbranched alkanes of at least 4 members (excludes halogenated alkanes) is 1. The van der Waals surface area contributed by atoms with Crippen LogP contribution in [0.3, 0.4) is 0 Å². The molecular formula is C58H66FN23O4. The van der Waals surface area contributed by atoms with Gasteiger partial charge >= 0.3 is 0 Å². The second kappa shape index (κ2) is 23.2. The molecule has 0 aromatic carbocycles. The van der Waals surface area contributed by atoms with E-state index in [1.54, 1.807) is 95.1 Å². The topological polar surface area (TPSA) is 336 Å². The number of hydrogen-bond acceptors (Lipinski definition) is 15. The Bertz CT molecular complexity index is 4610. The quantitative estimate of drug-likeness (QED) is 0.0830. The summed E-state index contributed by atoms with van der Waals surface area (Å²) in [6.45, 7) is 15.9. The molecule has 12 aromatic heterocycles. The van der Waals surface area contributed by atoms with E-state index in [2.05, 4.69) is 52.4 Å². The van der Waals surface area contributed by atoms with Crippen LogP contribution in [-0.4, -0.2) is 120 Å². The number of carbonyl (C=O) groups is 3. The summed E-state index contributed by atoms with van der Waals surface area (Å²) in [5, 5.41) is 34.6. The maximum Gasteiger partial charge on any atom is 0.267 e. The van der Waals surface area contributed by atoms with Gasteiger partial charge in [0.2, 0.25) is 0 Å². The summed E-state index contributed by atoms with van der Waals surface area (Å²) in [6, 6.07) is 8.95. The lowest BCUT2D eigenvalue weighted by atomic mass is 10.2. The molecule has 0 bridgehead atoms. The number of imidazole rings is 3. The first-order chi connectivity index (χ1) is 41.0. The Hall–Kier alpha value is -10.7. The van der Waals surface area contributed by atoms with E-state index in [-0.39, 0.29) is 22.8 Å². The van der Waals surface area contributed by atoms with Crippen molar-refractivity contribution >= 4 is 50.4 Å². The second-order valence-electron chi connectivity index (χ2n) is 20.7. The molecule has 0 saturated heterocycles. The molecule has 0 spiro atoms. The Kier molecular flexibility index (Phi) is 15.8. The number of primary amides is 3. The van der Waals surface area contributed by atoms with E-state index in [1.807, 2.05) is 90.9 Å². The standard InChI is InChI=1S/C21H25N7O.C19H22N8O2.C18H19FN8O/c1-5-6-8-28-18(10-13(2)25-28)16-12-27(4)21(24-16)19-14-7-9-26(3)17(14)11-15(23-19)20(22)29;1-5-26-9-13(16-17(28)10(3)24-27(16)6-2)23-19(26)15-11-8-21-25(4)14(11)7-12(22-15)18(20)29;1-5-27-16(14(19)9(2)24-27)12-8-25(3)18(23-12)15-10-7-21-26(4)13(10)6-11(22-15)17(20)28/h7,9-12H,5-6,8H2,1-4H3,(H2,22,29);7-9,28H,5-6H2,1-4H3,(H2,20,29);6-8H,5H2,1-4H3,(H2,20,28). The molecule has 3 amide bonds. The van der Waals surface area contributed by atoms with Crippen molar-refractivity contribution in [3.8, 4) is 74.5 Å². The van der Waals surface area contributed by atoms with Crippen molar-refractivity contribution in [1.82, 2.24) is 97.1 Å². The number of hydrogen-bond donors (Lipinski definition) is 4. The Morgan fingerprint density at radius 3 is 1.58 bits per heavy atom. The zero-order valence-corrected chi connectivity index (χ0v) is 49.8. The van der Waals surface area contributed by atoms with Crippen LogP contribution in [-0.2, 0) is 61.4 Å². The molecule has 0 aliphatic carbocycles. The van der Waals surface area contributed by atoms with Crippen molar-refractivity contribution in [2.24, 2.45) is 52.4 Å². The molecule has 86 heavy (non-hydrogen) atoms. The molecular weight excluding hydrogens is 1100 g/mol. The van der Waals surface area contributed by atoms with Gasteiger partial charge in [0.1, 0.15) is 68.3 Å². The maximum absolute atomic E-state index is 14.6. The largest absolute Gasteiger partial charge is 0.504 e. The van der Waals surface area contributed by atoms with Crippen molar-refractivity contribution in [2.75, 3.05) is 0 Å². The summed E-state index contributed by atoms with van der Waals surface area (Å²) in [6.07, 6.45) is 13.0. The van der Waals surface area contributed by atoms with Crippen LogP contribution < -0.4 is 17.2 Å². The second-order valence-corrected chi connectivity index (χ2v) is 20.7. The Balaban J connectivity index is 0.000000143. The van der Waals surface area contributed by atoms with Gasteiger partial charge in [0.15, 0.2) is 29.0 Å². The summed E-state index contributed by atoms with van der Waals surface area (Å²) in [7, 11) is 9.19. The van der Waals surface area contributed by atoms with Crippen molar-refractivity contribution < 1.29 is 23.9 Å². The number of amides is 3. The van der Waals surface area contributed by atoms with Crippen LogP contribution >= 0.6 is 0 Å². The van der Waals surface area contributed by atoms with Gasteiger partial charge in [-0.15, -0.1) is 0 Å². The van der Waals surface area contributed by atoms with E-state index in [9.17, 15) is 23.9 Å². The molecule has 0 aliphatic rings. The molecule has 0 radical (unpaired) electrons. The number of rotatable bonds is 15. The molecule has 27 nitrogen and oxygen atoms in total. The first kappa shape index (κ1) is 58.5. The molecule has 7 N–H and O–H groups in total. The normalized spacial score (nSPS) is 11.5. The average molecular weight is 1170 g/mol. The first-order valence-electron chi connectivity index (χ1n) is 27.8. The molecule has 0 saturated carbocycles. The number of carbonyl (C=O) groups excluding carboxylic acids is 3. The van der Waals surface area contributed by atoms with Crippen molar-refractivity contribution in [1.29, 1.82) is 0 Å². The van der Waals surface area contributed by atoms with Crippen LogP contribution in [0.5, 0.6) is 5.75 Å². The molecule has 12 aromatic rings. The molecule has 0 aliphatic heterocycles. The number of halogens is 1. The minimum atomic E-state index is -0.649. The Labute approximate surface area is 491 Å². The molecule has 0 unspecified atom stereocenters. The highest BCUT2D eigenvalue weighted by molar-refractivity contribution is 6.01. The number of nitrogens with two attached hydrogens (primary N) is 3. The lowest BCUT2D eigenvalue weighted by Gasteiger charge is -2.07. The van der Waals surface area contributed by atoms with Gasteiger partial charge in [-0.05, 0) is 78.3 Å². The molecule has 0 atom stereocenters. The SMILES string of the molecule is CCCCn1nc(C)cc1-c1cn(C)c(-c2nc(C(N)=O)cc3c2ccn3C)n1.CCn1cc(-c2c(O)c(C)nn2CC)nc1-c1nc(C(N)=O)cc2c1cnn2C.CCn1nc(C)c(F)c1-c1cn(C)c(-c2nc(C(N)=O)cc3c2cnn3C)n1. The van der Waals surface area contributed by atoms with Crippen LogP contribution in [0.2, 0.25) is 0 Å². The number of nitrogens with zero attached hydrogens (tertiary/aromatic N) is 20. The van der Waals surface area contributed by atoms with Gasteiger partial charge in [-0.1, -0.05) is 13.3 Å². The lowest BCUT2D eigenvalue weighted by Crippen LogP contribution is -2.14. The number of aromatic hydroxyl groups is 1. The van der Waals surface area contributed by atoms with Gasteiger partial charge in [-0.2, -0.15) is 25.5 Å². The van der Waals surface area contributed by atoms with Gasteiger partial charge < -0.3 is 40.6 Å². The molecule has 12 rings (SSSR count). The van der Waals surface area contributed by atoms with Crippen LogP contribution in [0, 0.1) is 26.6 Å². The summed E-state index contributed by atoms with van der Waals surface area (Å²) >= 11 is 0. The maximum atomic E-state index is 14.6. The third-order valence-electron chi connectivity index (χ3n) is 14.8. The highest BCUT2D eigenvalue weighted by Gasteiger charge is 2.26. The van der Waals surface area contributed by atoms with Crippen molar-refractivity contribution in [2.45, 2.75) is 87.5 Å². The lowest BCUT2D eigenvalue weighted by molar-refractivity contribution is 0.0987. The Morgan fingerprint density at radius 1 is 0.547 bits per heavy atom. The van der Waals surface area contributed by atoms with Crippen LogP contribution in [0.15, 0.2) is 67.5 Å². The minimum absolute atomic E-state index is 0.101. The highest BCUT2D eigenvalue weighted by atomic mass is 19.1. The number of fused-ring (bicyclic) bond motifs is 3. The number of aromatic nitrogens is 20. The Morgan fingerprint density at radius 2 is 1.03 bits per heavy atom. The third kappa shape index (κ3) is 10.6. The smallest absolute Gasteiger partial charge is 0.267 e. The van der Waals surface area contributed by atoms with E-state index in [1.165, 1.54) is 0 Å². The monoisotopic (exact) mass is 1170 g/mol. The first-order valence-corrected chi connectivity index (χ1v) is 27.8. The third-order valence-corrected chi connectivity index (χ3v) is 14.8. The van der Waals surface area contributed by atoms with E-state index >= 15 is 0 Å². The van der Waals surface area contributed by atoms with Gasteiger partial charge in [0.05, 0.1) is 46.0 Å². The summed E-state index contributed by atoms with van der Waals surface area (Å²) in [4.78, 5) is 63.0. The van der Waals surface area contributed by atoms with Gasteiger partial charge in [0, 0.05) is 102 Å². The molecule has 0 fully saturated rings. The predicted molar refractivity (Wildman–Crippen MR) is 320 cm³/mol. The molecule has 28 heteroatoms. The van der Waals surface area contributed by atoms with E-state index < -0.39 is 23.5 Å². The highest BCUT2D eigenvalue weighted by Crippen LogP contribution is 2.36. The number of aryl methyl sites for hydroxylation is 12. The minimum Gasteiger partial charge on any atom is -0.504 e. The molecule has 444 valence electrons. The van der Waals surface area contributed by atoms with Crippen molar-refractivity contribution in [3.05, 3.63) is 107 Å². The fourth-order valence-corrected chi connectivity index (χ4v) is 10.3. The summed E-state index contributed by atoms with van der Waals surface area (Å²) in [5.74, 6) is -0.425. The summed E-state index contributed by atoms with van der Waals surface area (Å²) in [5.41, 5.74) is 26.3. The zero-order chi connectivity index (χ0) is 61.7. The number of pyridine rings is 3.